The number of aliphatic carboxylic acids is 1. The molecule has 2 rings (SSSR count). The summed E-state index contributed by atoms with van der Waals surface area (Å²) in [6, 6.07) is 12.1. The lowest BCUT2D eigenvalue weighted by Crippen LogP contribution is -2.22. The van der Waals surface area contributed by atoms with Crippen molar-refractivity contribution in [3.05, 3.63) is 53.6 Å². The molecule has 0 bridgehead atoms. The number of hydrogen-bond acceptors (Lipinski definition) is 5. The van der Waals surface area contributed by atoms with E-state index >= 15 is 0 Å². The summed E-state index contributed by atoms with van der Waals surface area (Å²) in [5, 5.41) is 11.6. The van der Waals surface area contributed by atoms with Gasteiger partial charge in [0.25, 0.3) is 5.91 Å². The number of carboxylic acid groups (broad SMARTS) is 1. The van der Waals surface area contributed by atoms with Gasteiger partial charge in [-0.1, -0.05) is 12.1 Å². The average Bonchev–Trinajstić information content (AvgIpc) is 2.66. The minimum Gasteiger partial charge on any atom is -0.494 e. The van der Waals surface area contributed by atoms with Crippen molar-refractivity contribution < 1.29 is 28.9 Å². The number of benzene rings is 2. The fraction of sp³-hybridized carbons (Fsp3) is 0.300. The van der Waals surface area contributed by atoms with E-state index in [4.69, 9.17) is 19.3 Å². The maximum Gasteiger partial charge on any atom is 0.341 e. The smallest absolute Gasteiger partial charge is 0.341 e. The zero-order valence-electron chi connectivity index (χ0n) is 15.4. The van der Waals surface area contributed by atoms with Crippen molar-refractivity contribution >= 4 is 11.9 Å². The van der Waals surface area contributed by atoms with Crippen LogP contribution in [0.5, 0.6) is 17.2 Å². The van der Waals surface area contributed by atoms with E-state index in [1.165, 1.54) is 12.1 Å². The highest BCUT2D eigenvalue weighted by Crippen LogP contribution is 2.28. The molecule has 0 fully saturated rings. The number of carboxylic acids is 1. The number of ether oxygens (including phenoxy) is 3. The lowest BCUT2D eigenvalue weighted by atomic mass is 10.1. The molecule has 0 saturated carbocycles. The van der Waals surface area contributed by atoms with Crippen molar-refractivity contribution in [3.8, 4) is 17.2 Å². The van der Waals surface area contributed by atoms with E-state index in [0.29, 0.717) is 31.1 Å². The number of hydrogen-bond donors (Lipinski definition) is 2. The van der Waals surface area contributed by atoms with Gasteiger partial charge >= 0.3 is 5.97 Å². The molecule has 1 amide bonds. The summed E-state index contributed by atoms with van der Waals surface area (Å²) in [7, 11) is 0. The fourth-order valence-electron chi connectivity index (χ4n) is 2.33. The summed E-state index contributed by atoms with van der Waals surface area (Å²) in [6.45, 7) is 4.56. The Morgan fingerprint density at radius 1 is 0.926 bits per heavy atom. The van der Waals surface area contributed by atoms with Crippen molar-refractivity contribution in [2.75, 3.05) is 19.8 Å². The Kier molecular flexibility index (Phi) is 7.49. The quantitative estimate of drug-likeness (QED) is 0.665. The molecule has 2 aromatic rings. The van der Waals surface area contributed by atoms with Gasteiger partial charge in [-0.25, -0.2) is 4.79 Å². The molecule has 0 aliphatic carbocycles. The van der Waals surface area contributed by atoms with E-state index in [1.807, 2.05) is 31.2 Å². The van der Waals surface area contributed by atoms with E-state index in [1.54, 1.807) is 13.0 Å². The first-order chi connectivity index (χ1) is 13.0. The van der Waals surface area contributed by atoms with Crippen molar-refractivity contribution in [2.24, 2.45) is 0 Å². The molecule has 0 aliphatic rings. The van der Waals surface area contributed by atoms with E-state index in [0.717, 1.165) is 11.3 Å². The maximum absolute atomic E-state index is 12.4. The number of nitrogens with one attached hydrogen (secondary N) is 1. The Hall–Kier alpha value is -3.22. The van der Waals surface area contributed by atoms with Gasteiger partial charge in [-0.2, -0.15) is 0 Å². The second-order valence-corrected chi connectivity index (χ2v) is 5.54. The second-order valence-electron chi connectivity index (χ2n) is 5.54. The molecular formula is C20H23NO6. The van der Waals surface area contributed by atoms with E-state index in [9.17, 15) is 9.59 Å². The molecule has 27 heavy (non-hydrogen) atoms. The molecule has 7 nitrogen and oxygen atoms in total. The van der Waals surface area contributed by atoms with Crippen LogP contribution in [0.2, 0.25) is 0 Å². The minimum atomic E-state index is -1.09. The molecule has 0 atom stereocenters. The Morgan fingerprint density at radius 3 is 2.26 bits per heavy atom. The molecule has 0 radical (unpaired) electrons. The Balaban J connectivity index is 2.02. The summed E-state index contributed by atoms with van der Waals surface area (Å²) in [5.41, 5.74) is 1.34. The van der Waals surface area contributed by atoms with Gasteiger partial charge in [0.15, 0.2) is 18.1 Å². The Morgan fingerprint density at radius 2 is 1.63 bits per heavy atom. The van der Waals surface area contributed by atoms with Gasteiger partial charge in [0.1, 0.15) is 5.75 Å². The van der Waals surface area contributed by atoms with E-state index < -0.39 is 12.6 Å². The number of rotatable bonds is 10. The van der Waals surface area contributed by atoms with Gasteiger partial charge in [-0.15, -0.1) is 0 Å². The predicted molar refractivity (Wildman–Crippen MR) is 99.5 cm³/mol. The summed E-state index contributed by atoms with van der Waals surface area (Å²) in [6.07, 6.45) is 0. The topological polar surface area (TPSA) is 94.1 Å². The van der Waals surface area contributed by atoms with Crippen LogP contribution in [0, 0.1) is 0 Å². The molecule has 144 valence electrons. The fourth-order valence-corrected chi connectivity index (χ4v) is 2.33. The Labute approximate surface area is 157 Å². The summed E-state index contributed by atoms with van der Waals surface area (Å²) < 4.78 is 16.0. The van der Waals surface area contributed by atoms with Gasteiger partial charge in [0.05, 0.1) is 13.2 Å². The van der Waals surface area contributed by atoms with Gasteiger partial charge < -0.3 is 24.6 Å². The lowest BCUT2D eigenvalue weighted by molar-refractivity contribution is -0.139. The molecular weight excluding hydrogens is 350 g/mol. The first-order valence-electron chi connectivity index (χ1n) is 8.64. The molecule has 7 heteroatoms. The molecule has 0 aliphatic heterocycles. The third-order valence-electron chi connectivity index (χ3n) is 3.54. The standard InChI is InChI=1S/C20H23NO6/c1-3-25-16-8-5-14(6-9-16)12-21-20(24)15-7-10-17(27-13-19(22)23)18(11-15)26-4-2/h5-11H,3-4,12-13H2,1-2H3,(H,21,24)(H,22,23). The highest BCUT2D eigenvalue weighted by Gasteiger charge is 2.12. The maximum atomic E-state index is 12.4. The SMILES string of the molecule is CCOc1ccc(CNC(=O)c2ccc(OCC(=O)O)c(OCC)c2)cc1. The molecule has 0 saturated heterocycles. The zero-order chi connectivity index (χ0) is 19.6. The van der Waals surface area contributed by atoms with Crippen LogP contribution in [0.3, 0.4) is 0 Å². The van der Waals surface area contributed by atoms with Gasteiger partial charge in [0.2, 0.25) is 0 Å². The van der Waals surface area contributed by atoms with Crippen LogP contribution < -0.4 is 19.5 Å². The van der Waals surface area contributed by atoms with Crippen LogP contribution in [0.1, 0.15) is 29.8 Å². The van der Waals surface area contributed by atoms with Crippen LogP contribution in [0.15, 0.2) is 42.5 Å². The third-order valence-corrected chi connectivity index (χ3v) is 3.54. The first-order valence-corrected chi connectivity index (χ1v) is 8.64. The molecule has 0 unspecified atom stereocenters. The largest absolute Gasteiger partial charge is 0.494 e. The van der Waals surface area contributed by atoms with Crippen LogP contribution in [0.25, 0.3) is 0 Å². The van der Waals surface area contributed by atoms with Crippen molar-refractivity contribution in [3.63, 3.8) is 0 Å². The van der Waals surface area contributed by atoms with Gasteiger partial charge in [-0.3, -0.25) is 4.79 Å². The Bertz CT molecular complexity index is 773. The molecule has 0 spiro atoms. The van der Waals surface area contributed by atoms with Crippen molar-refractivity contribution in [2.45, 2.75) is 20.4 Å². The summed E-state index contributed by atoms with van der Waals surface area (Å²) >= 11 is 0. The van der Waals surface area contributed by atoms with Crippen molar-refractivity contribution in [1.82, 2.24) is 5.32 Å². The average molecular weight is 373 g/mol. The highest BCUT2D eigenvalue weighted by atomic mass is 16.5. The lowest BCUT2D eigenvalue weighted by Gasteiger charge is -2.12. The van der Waals surface area contributed by atoms with E-state index in [2.05, 4.69) is 5.32 Å². The number of carbonyl (C=O) groups is 2. The monoisotopic (exact) mass is 373 g/mol. The molecule has 2 N–H and O–H groups in total. The van der Waals surface area contributed by atoms with Crippen LogP contribution >= 0.6 is 0 Å². The first kappa shape index (κ1) is 20.1. The van der Waals surface area contributed by atoms with Crippen LogP contribution in [-0.2, 0) is 11.3 Å². The third kappa shape index (κ3) is 6.22. The van der Waals surface area contributed by atoms with E-state index in [-0.39, 0.29) is 11.7 Å². The van der Waals surface area contributed by atoms with Gasteiger partial charge in [0, 0.05) is 12.1 Å². The number of amides is 1. The molecule has 2 aromatic carbocycles. The predicted octanol–water partition coefficient (Wildman–Crippen LogP) is 2.88. The summed E-state index contributed by atoms with van der Waals surface area (Å²) in [5.74, 6) is 0.0323. The minimum absolute atomic E-state index is 0.269. The van der Waals surface area contributed by atoms with Crippen LogP contribution in [-0.4, -0.2) is 36.8 Å². The van der Waals surface area contributed by atoms with Crippen LogP contribution in [0.4, 0.5) is 0 Å². The molecule has 0 aromatic heterocycles. The number of carbonyl (C=O) groups excluding carboxylic acids is 1. The highest BCUT2D eigenvalue weighted by molar-refractivity contribution is 5.94. The van der Waals surface area contributed by atoms with Crippen molar-refractivity contribution in [1.29, 1.82) is 0 Å². The second kappa shape index (κ2) is 10.1. The zero-order valence-corrected chi connectivity index (χ0v) is 15.4. The normalized spacial score (nSPS) is 10.1. The molecule has 0 heterocycles. The van der Waals surface area contributed by atoms with Gasteiger partial charge in [-0.05, 0) is 49.7 Å². The summed E-state index contributed by atoms with van der Waals surface area (Å²) in [4.78, 5) is 23.1.